The molecular weight excluding hydrogens is 544 g/mol. The van der Waals surface area contributed by atoms with Gasteiger partial charge in [-0.05, 0) is 54.1 Å². The third-order valence-electron chi connectivity index (χ3n) is 6.53. The van der Waals surface area contributed by atoms with Crippen LogP contribution < -0.4 is 24.4 Å². The van der Waals surface area contributed by atoms with Crippen LogP contribution in [0.2, 0.25) is 0 Å². The smallest absolute Gasteiger partial charge is 0.338 e. The Labute approximate surface area is 240 Å². The normalized spacial score (nSPS) is 15.0. The first-order valence-corrected chi connectivity index (χ1v) is 14.8. The minimum absolute atomic E-state index is 0.111. The molecule has 1 atom stereocenters. The molecule has 1 unspecified atom stereocenters. The number of nitrogens with zero attached hydrogens (tertiary/aromatic N) is 2. The summed E-state index contributed by atoms with van der Waals surface area (Å²) in [5, 5.41) is 1.97. The van der Waals surface area contributed by atoms with Crippen LogP contribution in [-0.2, 0) is 16.1 Å². The average Bonchev–Trinajstić information content (AvgIpc) is 3.59. The van der Waals surface area contributed by atoms with E-state index in [1.807, 2.05) is 72.1 Å². The Morgan fingerprint density at radius 3 is 2.65 bits per heavy atom. The largest absolute Gasteiger partial charge is 0.493 e. The topological polar surface area (TPSA) is 79.1 Å². The van der Waals surface area contributed by atoms with Gasteiger partial charge in [-0.15, -0.1) is 11.3 Å². The number of allylic oxidation sites excluding steroid dienone is 1. The Kier molecular flexibility index (Phi) is 8.62. The molecule has 0 spiro atoms. The quantitative estimate of drug-likeness (QED) is 0.192. The first kappa shape index (κ1) is 27.6. The van der Waals surface area contributed by atoms with Gasteiger partial charge in [-0.3, -0.25) is 9.36 Å². The van der Waals surface area contributed by atoms with Crippen LogP contribution in [0.5, 0.6) is 11.5 Å². The number of methoxy groups -OCH3 is 1. The Hall–Kier alpha value is -3.95. The first-order chi connectivity index (χ1) is 19.5. The number of unbranched alkanes of at least 4 members (excludes halogenated alkanes) is 1. The Morgan fingerprint density at radius 1 is 1.10 bits per heavy atom. The highest BCUT2D eigenvalue weighted by Gasteiger charge is 2.34. The van der Waals surface area contributed by atoms with Crippen molar-refractivity contribution in [2.45, 2.75) is 39.3 Å². The third kappa shape index (κ3) is 5.80. The highest BCUT2D eigenvalue weighted by Crippen LogP contribution is 2.36. The van der Waals surface area contributed by atoms with Crippen molar-refractivity contribution < 1.29 is 19.0 Å². The summed E-state index contributed by atoms with van der Waals surface area (Å²) < 4.78 is 19.5. The van der Waals surface area contributed by atoms with Crippen molar-refractivity contribution in [1.29, 1.82) is 0 Å². The molecule has 0 aliphatic carbocycles. The van der Waals surface area contributed by atoms with Gasteiger partial charge >= 0.3 is 5.97 Å². The minimum atomic E-state index is -0.747. The van der Waals surface area contributed by atoms with Crippen LogP contribution in [0, 0.1) is 0 Å². The van der Waals surface area contributed by atoms with Crippen molar-refractivity contribution >= 4 is 34.7 Å². The molecule has 1 aliphatic heterocycles. The molecule has 0 fully saturated rings. The maximum absolute atomic E-state index is 13.8. The summed E-state index contributed by atoms with van der Waals surface area (Å²) >= 11 is 2.86. The third-order valence-corrected chi connectivity index (χ3v) is 8.33. The van der Waals surface area contributed by atoms with E-state index in [1.165, 1.54) is 11.3 Å². The molecule has 0 bridgehead atoms. The standard InChI is InChI=1S/C31H30N2O5S2/c1-4-5-15-37-24-14-13-22(17-25(24)36-3)28-27(30(35)38-19-21-10-7-6-8-11-21)20(2)32-31-33(28)29(34)26(40-31)18-23-12-9-16-39-23/h6-14,16-18,28H,4-5,15,19H2,1-3H3. The zero-order valence-corrected chi connectivity index (χ0v) is 24.2. The van der Waals surface area contributed by atoms with Gasteiger partial charge in [-0.2, -0.15) is 0 Å². The van der Waals surface area contributed by atoms with Crippen LogP contribution >= 0.6 is 22.7 Å². The number of thiazole rings is 1. The number of hydrogen-bond acceptors (Lipinski definition) is 8. The molecule has 0 saturated carbocycles. The molecule has 2 aromatic carbocycles. The fraction of sp³-hybridized carbons (Fsp3) is 0.258. The summed E-state index contributed by atoms with van der Waals surface area (Å²) in [6, 6.07) is 18.2. The fourth-order valence-electron chi connectivity index (χ4n) is 4.50. The number of hydrogen-bond donors (Lipinski definition) is 0. The lowest BCUT2D eigenvalue weighted by Gasteiger charge is -2.25. The van der Waals surface area contributed by atoms with E-state index >= 15 is 0 Å². The van der Waals surface area contributed by atoms with Gasteiger partial charge in [0, 0.05) is 4.88 Å². The molecule has 5 rings (SSSR count). The maximum Gasteiger partial charge on any atom is 0.338 e. The second-order valence-electron chi connectivity index (χ2n) is 9.27. The van der Waals surface area contributed by atoms with Gasteiger partial charge in [0.05, 0.1) is 35.6 Å². The van der Waals surface area contributed by atoms with Crippen molar-refractivity contribution in [3.63, 3.8) is 0 Å². The average molecular weight is 575 g/mol. The number of thiophene rings is 1. The maximum atomic E-state index is 13.8. The van der Waals surface area contributed by atoms with Crippen molar-refractivity contribution in [2.75, 3.05) is 13.7 Å². The summed E-state index contributed by atoms with van der Waals surface area (Å²) in [6.07, 6.45) is 3.80. The monoisotopic (exact) mass is 574 g/mol. The van der Waals surface area contributed by atoms with Crippen LogP contribution in [0.1, 0.15) is 48.7 Å². The SMILES string of the molecule is CCCCOc1ccc(C2C(C(=O)OCc3ccccc3)=C(C)N=c3sc(=Cc4cccs4)c(=O)n32)cc1OC. The molecule has 4 aromatic rings. The van der Waals surface area contributed by atoms with Gasteiger partial charge in [-0.25, -0.2) is 9.79 Å². The number of rotatable bonds is 10. The molecule has 0 amide bonds. The van der Waals surface area contributed by atoms with Gasteiger partial charge in [0.25, 0.3) is 5.56 Å². The fourth-order valence-corrected chi connectivity index (χ4v) is 6.27. The van der Waals surface area contributed by atoms with Crippen molar-refractivity contribution in [3.8, 4) is 11.5 Å². The van der Waals surface area contributed by atoms with Gasteiger partial charge < -0.3 is 14.2 Å². The van der Waals surface area contributed by atoms with Crippen molar-refractivity contribution in [3.05, 3.63) is 113 Å². The predicted molar refractivity (Wildman–Crippen MR) is 158 cm³/mol. The zero-order valence-electron chi connectivity index (χ0n) is 22.6. The molecule has 0 saturated heterocycles. The molecule has 2 aromatic heterocycles. The lowest BCUT2D eigenvalue weighted by atomic mass is 9.95. The second-order valence-corrected chi connectivity index (χ2v) is 11.3. The van der Waals surface area contributed by atoms with E-state index in [-0.39, 0.29) is 12.2 Å². The zero-order chi connectivity index (χ0) is 28.1. The molecule has 206 valence electrons. The lowest BCUT2D eigenvalue weighted by molar-refractivity contribution is -0.140. The summed E-state index contributed by atoms with van der Waals surface area (Å²) in [5.41, 5.74) is 2.17. The number of fused-ring (bicyclic) bond motifs is 1. The van der Waals surface area contributed by atoms with E-state index in [9.17, 15) is 9.59 Å². The molecular formula is C31H30N2O5S2. The van der Waals surface area contributed by atoms with E-state index in [4.69, 9.17) is 14.2 Å². The molecule has 9 heteroatoms. The number of esters is 1. The van der Waals surface area contributed by atoms with E-state index < -0.39 is 12.0 Å². The van der Waals surface area contributed by atoms with Crippen molar-refractivity contribution in [2.24, 2.45) is 4.99 Å². The molecule has 3 heterocycles. The van der Waals surface area contributed by atoms with Gasteiger partial charge in [0.2, 0.25) is 0 Å². The van der Waals surface area contributed by atoms with Crippen LogP contribution in [0.25, 0.3) is 6.08 Å². The number of carbonyl (C=O) groups excluding carboxylic acids is 1. The molecule has 1 aliphatic rings. The minimum Gasteiger partial charge on any atom is -0.493 e. The van der Waals surface area contributed by atoms with E-state index in [0.29, 0.717) is 44.3 Å². The van der Waals surface area contributed by atoms with Crippen LogP contribution in [0.3, 0.4) is 0 Å². The lowest BCUT2D eigenvalue weighted by Crippen LogP contribution is -2.39. The predicted octanol–water partition coefficient (Wildman–Crippen LogP) is 5.23. The Balaban J connectivity index is 1.60. The molecule has 0 N–H and O–H groups in total. The van der Waals surface area contributed by atoms with Gasteiger partial charge in [0.15, 0.2) is 16.3 Å². The van der Waals surface area contributed by atoms with Crippen LogP contribution in [-0.4, -0.2) is 24.3 Å². The second kappa shape index (κ2) is 12.5. The first-order valence-electron chi connectivity index (χ1n) is 13.1. The van der Waals surface area contributed by atoms with Gasteiger partial charge in [0.1, 0.15) is 6.61 Å². The number of benzene rings is 2. The number of carbonyl (C=O) groups is 1. The highest BCUT2D eigenvalue weighted by atomic mass is 32.1. The van der Waals surface area contributed by atoms with Crippen LogP contribution in [0.15, 0.2) is 87.1 Å². The number of ether oxygens (including phenoxy) is 3. The molecule has 40 heavy (non-hydrogen) atoms. The van der Waals surface area contributed by atoms with E-state index in [1.54, 1.807) is 29.9 Å². The summed E-state index contributed by atoms with van der Waals surface area (Å²) in [6.45, 7) is 4.56. The Bertz CT molecular complexity index is 1700. The van der Waals surface area contributed by atoms with Gasteiger partial charge in [-0.1, -0.05) is 67.1 Å². The van der Waals surface area contributed by atoms with E-state index in [2.05, 4.69) is 11.9 Å². The Morgan fingerprint density at radius 2 is 1.93 bits per heavy atom. The van der Waals surface area contributed by atoms with Crippen LogP contribution in [0.4, 0.5) is 0 Å². The number of aromatic nitrogens is 1. The summed E-state index contributed by atoms with van der Waals surface area (Å²) in [4.78, 5) is 33.6. The highest BCUT2D eigenvalue weighted by molar-refractivity contribution is 7.11. The van der Waals surface area contributed by atoms with E-state index in [0.717, 1.165) is 23.3 Å². The molecule has 0 radical (unpaired) electrons. The molecule has 7 nitrogen and oxygen atoms in total. The van der Waals surface area contributed by atoms with Crippen molar-refractivity contribution in [1.82, 2.24) is 4.57 Å². The summed E-state index contributed by atoms with van der Waals surface area (Å²) in [5.74, 6) is 0.615. The summed E-state index contributed by atoms with van der Waals surface area (Å²) in [7, 11) is 1.58.